The number of halogens is 1. The van der Waals surface area contributed by atoms with E-state index in [1.165, 1.54) is 49.6 Å². The Hall–Kier alpha value is -3.24. The molecule has 2 atom stereocenters. The first-order valence-electron chi connectivity index (χ1n) is 9.49. The summed E-state index contributed by atoms with van der Waals surface area (Å²) in [6.45, 7) is 1.66. The molecule has 0 bridgehead atoms. The van der Waals surface area contributed by atoms with Gasteiger partial charge in [-0.3, -0.25) is 4.79 Å². The largest absolute Gasteiger partial charge is 0.504 e. The molecule has 0 unspecified atom stereocenters. The molecule has 170 valence electrons. The van der Waals surface area contributed by atoms with Gasteiger partial charge in [-0.15, -0.1) is 0 Å². The first kappa shape index (κ1) is 23.4. The first-order valence-corrected chi connectivity index (χ1v) is 11.4. The number of esters is 1. The average molecular weight is 481 g/mol. The van der Waals surface area contributed by atoms with Gasteiger partial charge in [-0.25, -0.2) is 13.2 Å². The summed E-state index contributed by atoms with van der Waals surface area (Å²) in [5.74, 6) is -1.96. The van der Waals surface area contributed by atoms with Crippen LogP contribution < -0.4 is 15.4 Å². The molecule has 1 fully saturated rings. The standard InChI is InChI=1S/C21H21ClN2O7S/c1-3-31-20(26)18-15(11-32(28,29)14-7-5-13(22)6-8-14)23-21(27)24-19(18)12-4-9-16(25)17(10-12)30-2/h4-11,18-19,25H,3H2,1-2H3,(H2,23,24,27)/b15-11+/t18-,19-/m0/s1. The summed E-state index contributed by atoms with van der Waals surface area (Å²) in [5, 5.41) is 16.1. The van der Waals surface area contributed by atoms with E-state index in [4.69, 9.17) is 21.1 Å². The molecule has 11 heteroatoms. The molecule has 0 aliphatic carbocycles. The van der Waals surface area contributed by atoms with Crippen LogP contribution >= 0.6 is 11.6 Å². The third kappa shape index (κ3) is 4.97. The maximum atomic E-state index is 12.9. The summed E-state index contributed by atoms with van der Waals surface area (Å²) in [7, 11) is -2.69. The van der Waals surface area contributed by atoms with Gasteiger partial charge in [-0.05, 0) is 48.9 Å². The second-order valence-electron chi connectivity index (χ2n) is 6.81. The predicted molar refractivity (Wildman–Crippen MR) is 116 cm³/mol. The number of phenolic OH excluding ortho intramolecular Hbond substituents is 1. The van der Waals surface area contributed by atoms with E-state index in [2.05, 4.69) is 10.6 Å². The number of aromatic hydroxyl groups is 1. The first-order chi connectivity index (χ1) is 15.2. The van der Waals surface area contributed by atoms with E-state index in [1.54, 1.807) is 6.92 Å². The van der Waals surface area contributed by atoms with Gasteiger partial charge in [0.1, 0.15) is 5.92 Å². The smallest absolute Gasteiger partial charge is 0.319 e. The lowest BCUT2D eigenvalue weighted by molar-refractivity contribution is -0.147. The SMILES string of the molecule is CCOC(=O)[C@H]1/C(=C\S(=O)(=O)c2ccc(Cl)cc2)NC(=O)N[C@H]1c1ccc(O)c(OC)c1. The van der Waals surface area contributed by atoms with Crippen molar-refractivity contribution in [1.82, 2.24) is 10.6 Å². The van der Waals surface area contributed by atoms with Crippen molar-refractivity contribution in [2.24, 2.45) is 5.92 Å². The minimum Gasteiger partial charge on any atom is -0.504 e. The fourth-order valence-corrected chi connectivity index (χ4v) is 4.59. The van der Waals surface area contributed by atoms with E-state index in [1.807, 2.05) is 0 Å². The molecule has 3 rings (SSSR count). The zero-order valence-electron chi connectivity index (χ0n) is 17.2. The number of ether oxygens (including phenoxy) is 2. The molecule has 0 radical (unpaired) electrons. The lowest BCUT2D eigenvalue weighted by Crippen LogP contribution is -2.51. The van der Waals surface area contributed by atoms with Gasteiger partial charge in [0.2, 0.25) is 9.84 Å². The molecule has 9 nitrogen and oxygen atoms in total. The number of sulfone groups is 1. The van der Waals surface area contributed by atoms with E-state index in [0.29, 0.717) is 10.6 Å². The van der Waals surface area contributed by atoms with Crippen molar-refractivity contribution < 1.29 is 32.6 Å². The number of hydrogen-bond donors (Lipinski definition) is 3. The molecular weight excluding hydrogens is 460 g/mol. The summed E-state index contributed by atoms with van der Waals surface area (Å²) in [6, 6.07) is 8.07. The van der Waals surface area contributed by atoms with Crippen LogP contribution in [0.25, 0.3) is 0 Å². The molecule has 0 spiro atoms. The maximum absolute atomic E-state index is 12.9. The number of carbonyl (C=O) groups is 2. The molecule has 1 aliphatic rings. The normalized spacial score (nSPS) is 19.7. The van der Waals surface area contributed by atoms with E-state index < -0.39 is 33.8 Å². The summed E-state index contributed by atoms with van der Waals surface area (Å²) in [4.78, 5) is 25.1. The van der Waals surface area contributed by atoms with Crippen molar-refractivity contribution in [3.8, 4) is 11.5 Å². The molecule has 2 amide bonds. The number of amides is 2. The van der Waals surface area contributed by atoms with Gasteiger partial charge in [0.15, 0.2) is 11.5 Å². The second kappa shape index (κ2) is 9.49. The molecular formula is C21H21ClN2O7S. The van der Waals surface area contributed by atoms with Crippen LogP contribution in [0.5, 0.6) is 11.5 Å². The minimum atomic E-state index is -4.04. The molecule has 1 heterocycles. The van der Waals surface area contributed by atoms with Crippen molar-refractivity contribution in [1.29, 1.82) is 0 Å². The Morgan fingerprint density at radius 1 is 1.22 bits per heavy atom. The van der Waals surface area contributed by atoms with E-state index in [9.17, 15) is 23.1 Å². The predicted octanol–water partition coefficient (Wildman–Crippen LogP) is 2.90. The molecule has 0 aromatic heterocycles. The van der Waals surface area contributed by atoms with Crippen molar-refractivity contribution in [3.05, 3.63) is 64.2 Å². The quantitative estimate of drug-likeness (QED) is 0.542. The summed E-state index contributed by atoms with van der Waals surface area (Å²) in [6.07, 6.45) is 0. The van der Waals surface area contributed by atoms with E-state index in [0.717, 1.165) is 5.41 Å². The minimum absolute atomic E-state index is 0.0477. The number of nitrogens with one attached hydrogen (secondary N) is 2. The van der Waals surface area contributed by atoms with Gasteiger partial charge in [0.05, 0.1) is 30.1 Å². The Labute approximate surface area is 189 Å². The van der Waals surface area contributed by atoms with Gasteiger partial charge in [0.25, 0.3) is 0 Å². The van der Waals surface area contributed by atoms with Crippen LogP contribution in [0.1, 0.15) is 18.5 Å². The van der Waals surface area contributed by atoms with E-state index >= 15 is 0 Å². The lowest BCUT2D eigenvalue weighted by Gasteiger charge is -2.33. The Balaban J connectivity index is 2.11. The number of benzene rings is 2. The highest BCUT2D eigenvalue weighted by molar-refractivity contribution is 7.94. The van der Waals surface area contributed by atoms with Crippen LogP contribution in [0.3, 0.4) is 0 Å². The van der Waals surface area contributed by atoms with Gasteiger partial charge in [-0.2, -0.15) is 0 Å². The summed E-state index contributed by atoms with van der Waals surface area (Å²) in [5.41, 5.74) is 0.251. The molecule has 32 heavy (non-hydrogen) atoms. The molecule has 1 aliphatic heterocycles. The molecule has 2 aromatic rings. The number of methoxy groups -OCH3 is 1. The fraction of sp³-hybridized carbons (Fsp3) is 0.238. The number of phenols is 1. The zero-order chi connectivity index (χ0) is 23.5. The third-order valence-corrected chi connectivity index (χ3v) is 6.49. The Kier molecular flexibility index (Phi) is 6.95. The van der Waals surface area contributed by atoms with Crippen molar-refractivity contribution in [2.75, 3.05) is 13.7 Å². The van der Waals surface area contributed by atoms with Crippen molar-refractivity contribution in [3.63, 3.8) is 0 Å². The van der Waals surface area contributed by atoms with Crippen LogP contribution in [-0.2, 0) is 19.4 Å². The third-order valence-electron chi connectivity index (χ3n) is 4.74. The van der Waals surface area contributed by atoms with E-state index in [-0.39, 0.29) is 28.7 Å². The van der Waals surface area contributed by atoms with Crippen LogP contribution in [0.15, 0.2) is 58.5 Å². The van der Waals surface area contributed by atoms with Gasteiger partial charge < -0.3 is 25.2 Å². The topological polar surface area (TPSA) is 131 Å². The van der Waals surface area contributed by atoms with Gasteiger partial charge >= 0.3 is 12.0 Å². The second-order valence-corrected chi connectivity index (χ2v) is 9.04. The highest BCUT2D eigenvalue weighted by Gasteiger charge is 2.41. The summed E-state index contributed by atoms with van der Waals surface area (Å²) < 4.78 is 36.1. The van der Waals surface area contributed by atoms with Crippen LogP contribution in [-0.4, -0.2) is 39.2 Å². The van der Waals surface area contributed by atoms with Crippen LogP contribution in [0.4, 0.5) is 4.79 Å². The Morgan fingerprint density at radius 3 is 2.53 bits per heavy atom. The number of rotatable bonds is 6. The van der Waals surface area contributed by atoms with Gasteiger partial charge in [0, 0.05) is 10.7 Å². The zero-order valence-corrected chi connectivity index (χ0v) is 18.7. The molecule has 0 saturated carbocycles. The van der Waals surface area contributed by atoms with Crippen molar-refractivity contribution in [2.45, 2.75) is 17.9 Å². The number of hydrogen-bond acceptors (Lipinski definition) is 7. The average Bonchev–Trinajstić information content (AvgIpc) is 2.73. The van der Waals surface area contributed by atoms with Crippen molar-refractivity contribution >= 4 is 33.4 Å². The highest BCUT2D eigenvalue weighted by atomic mass is 35.5. The van der Waals surface area contributed by atoms with Crippen LogP contribution in [0, 0.1) is 5.92 Å². The molecule has 2 aromatic carbocycles. The molecule has 3 N–H and O–H groups in total. The molecule has 1 saturated heterocycles. The number of carbonyl (C=O) groups excluding carboxylic acids is 2. The lowest BCUT2D eigenvalue weighted by atomic mass is 9.89. The summed E-state index contributed by atoms with van der Waals surface area (Å²) >= 11 is 5.83. The Bertz CT molecular complexity index is 1160. The number of urea groups is 1. The Morgan fingerprint density at radius 2 is 1.91 bits per heavy atom. The van der Waals surface area contributed by atoms with Crippen LogP contribution in [0.2, 0.25) is 5.02 Å². The maximum Gasteiger partial charge on any atom is 0.319 e. The highest BCUT2D eigenvalue weighted by Crippen LogP contribution is 2.36. The monoisotopic (exact) mass is 480 g/mol. The van der Waals surface area contributed by atoms with Gasteiger partial charge in [-0.1, -0.05) is 17.7 Å². The fourth-order valence-electron chi connectivity index (χ4n) is 3.27.